The van der Waals surface area contributed by atoms with Crippen LogP contribution < -0.4 is 5.32 Å². The fourth-order valence-electron chi connectivity index (χ4n) is 1.57. The third-order valence-corrected chi connectivity index (χ3v) is 3.79. The van der Waals surface area contributed by atoms with Crippen molar-refractivity contribution in [2.45, 2.75) is 6.18 Å². The van der Waals surface area contributed by atoms with E-state index >= 15 is 0 Å². The molecule has 1 heterocycles. The molecule has 22 heavy (non-hydrogen) atoms. The predicted molar refractivity (Wildman–Crippen MR) is 80.0 cm³/mol. The van der Waals surface area contributed by atoms with Crippen molar-refractivity contribution in [3.8, 4) is 11.8 Å². The Morgan fingerprint density at radius 1 is 1.27 bits per heavy atom. The van der Waals surface area contributed by atoms with E-state index in [4.69, 9.17) is 11.6 Å². The lowest BCUT2D eigenvalue weighted by Gasteiger charge is -2.05. The zero-order valence-corrected chi connectivity index (χ0v) is 12.6. The molecule has 114 valence electrons. The van der Waals surface area contributed by atoms with Gasteiger partial charge in [-0.3, -0.25) is 4.79 Å². The molecule has 0 fully saturated rings. The summed E-state index contributed by atoms with van der Waals surface area (Å²) in [7, 11) is 0. The van der Waals surface area contributed by atoms with E-state index in [9.17, 15) is 18.0 Å². The lowest BCUT2D eigenvalue weighted by molar-refractivity contribution is -0.137. The van der Waals surface area contributed by atoms with Gasteiger partial charge in [-0.2, -0.15) is 13.2 Å². The topological polar surface area (TPSA) is 29.1 Å². The fraction of sp³-hybridized carbons (Fsp3) is 0.133. The van der Waals surface area contributed by atoms with E-state index in [-0.39, 0.29) is 18.0 Å². The Bertz CT molecular complexity index is 743. The molecule has 1 amide bonds. The van der Waals surface area contributed by atoms with E-state index in [0.717, 1.165) is 23.5 Å². The molecule has 0 spiro atoms. The second-order valence-electron chi connectivity index (χ2n) is 4.17. The molecule has 7 heteroatoms. The Kier molecular flexibility index (Phi) is 5.11. The number of carbonyl (C=O) groups is 1. The minimum atomic E-state index is -4.40. The van der Waals surface area contributed by atoms with E-state index in [1.807, 2.05) is 0 Å². The second-order valence-corrected chi connectivity index (χ2v) is 5.88. The third-order valence-electron chi connectivity index (χ3n) is 2.56. The zero-order chi connectivity index (χ0) is 16.2. The molecular formula is C15H9ClF3NOS. The van der Waals surface area contributed by atoms with Gasteiger partial charge in [-0.25, -0.2) is 0 Å². The van der Waals surface area contributed by atoms with Crippen molar-refractivity contribution in [2.24, 2.45) is 0 Å². The summed E-state index contributed by atoms with van der Waals surface area (Å²) in [6.07, 6.45) is -4.40. The van der Waals surface area contributed by atoms with Crippen molar-refractivity contribution in [2.75, 3.05) is 6.54 Å². The van der Waals surface area contributed by atoms with Crippen molar-refractivity contribution < 1.29 is 18.0 Å². The van der Waals surface area contributed by atoms with Gasteiger partial charge < -0.3 is 5.32 Å². The zero-order valence-electron chi connectivity index (χ0n) is 11.0. The maximum Gasteiger partial charge on any atom is 0.416 e. The molecule has 1 aromatic heterocycles. The van der Waals surface area contributed by atoms with Crippen LogP contribution in [0.4, 0.5) is 13.2 Å². The largest absolute Gasteiger partial charge is 0.416 e. The van der Waals surface area contributed by atoms with Crippen molar-refractivity contribution in [3.63, 3.8) is 0 Å². The molecule has 0 saturated carbocycles. The first kappa shape index (κ1) is 16.4. The van der Waals surface area contributed by atoms with Gasteiger partial charge in [0.15, 0.2) is 0 Å². The predicted octanol–water partition coefficient (Wildman–Crippen LogP) is 4.20. The van der Waals surface area contributed by atoms with Crippen LogP contribution in [0.3, 0.4) is 0 Å². The molecule has 1 N–H and O–H groups in total. The normalized spacial score (nSPS) is 10.7. The molecule has 1 aromatic carbocycles. The summed E-state index contributed by atoms with van der Waals surface area (Å²) in [4.78, 5) is 12.1. The molecule has 0 saturated heterocycles. The minimum absolute atomic E-state index is 0.0323. The highest BCUT2D eigenvalue weighted by molar-refractivity contribution is 7.17. The maximum absolute atomic E-state index is 12.5. The second kappa shape index (κ2) is 6.86. The highest BCUT2D eigenvalue weighted by Gasteiger charge is 2.30. The summed E-state index contributed by atoms with van der Waals surface area (Å²) < 4.78 is 38.1. The van der Waals surface area contributed by atoms with Gasteiger partial charge in [0.05, 0.1) is 21.3 Å². The number of hydrogen-bond donors (Lipinski definition) is 1. The van der Waals surface area contributed by atoms with Crippen molar-refractivity contribution in [3.05, 3.63) is 56.7 Å². The molecule has 0 atom stereocenters. The number of halogens is 4. The molecule has 0 radical (unpaired) electrons. The first-order chi connectivity index (χ1) is 10.4. The number of amides is 1. The summed E-state index contributed by atoms with van der Waals surface area (Å²) in [5, 5.41) is 2.54. The van der Waals surface area contributed by atoms with Gasteiger partial charge in [-0.1, -0.05) is 29.5 Å². The van der Waals surface area contributed by atoms with Crippen LogP contribution in [0.25, 0.3) is 0 Å². The van der Waals surface area contributed by atoms with E-state index in [0.29, 0.717) is 9.21 Å². The first-order valence-electron chi connectivity index (χ1n) is 6.06. The lowest BCUT2D eigenvalue weighted by Crippen LogP contribution is -2.22. The Balaban J connectivity index is 1.96. The van der Waals surface area contributed by atoms with E-state index in [2.05, 4.69) is 17.2 Å². The van der Waals surface area contributed by atoms with Gasteiger partial charge >= 0.3 is 6.18 Å². The number of carbonyl (C=O) groups excluding carboxylic acids is 1. The summed E-state index contributed by atoms with van der Waals surface area (Å²) >= 11 is 6.85. The molecule has 0 aliphatic rings. The number of benzene rings is 1. The molecule has 0 unspecified atom stereocenters. The van der Waals surface area contributed by atoms with E-state index in [1.165, 1.54) is 12.1 Å². The van der Waals surface area contributed by atoms with Gasteiger partial charge in [0.25, 0.3) is 5.91 Å². The van der Waals surface area contributed by atoms with Crippen LogP contribution in [-0.4, -0.2) is 12.5 Å². The Morgan fingerprint density at radius 3 is 2.68 bits per heavy atom. The highest BCUT2D eigenvalue weighted by atomic mass is 35.5. The summed E-state index contributed by atoms with van der Waals surface area (Å²) in [6, 6.07) is 7.90. The molecule has 0 bridgehead atoms. The number of nitrogens with one attached hydrogen (secondary N) is 1. The first-order valence-corrected chi connectivity index (χ1v) is 7.25. The van der Waals surface area contributed by atoms with Crippen molar-refractivity contribution >= 4 is 28.8 Å². The molecule has 2 nitrogen and oxygen atoms in total. The van der Waals surface area contributed by atoms with Crippen LogP contribution in [-0.2, 0) is 6.18 Å². The van der Waals surface area contributed by atoms with Crippen LogP contribution in [0.1, 0.15) is 20.8 Å². The Morgan fingerprint density at radius 2 is 2.05 bits per heavy atom. The van der Waals surface area contributed by atoms with E-state index in [1.54, 1.807) is 12.1 Å². The number of thiophene rings is 1. The minimum Gasteiger partial charge on any atom is -0.340 e. The average molecular weight is 344 g/mol. The SMILES string of the molecule is O=C(NCC#Cc1cccc(C(F)(F)F)c1)c1ccc(Cl)s1. The average Bonchev–Trinajstić information content (AvgIpc) is 2.89. The number of alkyl halides is 3. The monoisotopic (exact) mass is 343 g/mol. The molecule has 2 rings (SSSR count). The van der Waals surface area contributed by atoms with Crippen LogP contribution in [0.15, 0.2) is 36.4 Å². The van der Waals surface area contributed by atoms with E-state index < -0.39 is 11.7 Å². The molecule has 0 aliphatic heterocycles. The molecular weight excluding hydrogens is 335 g/mol. The smallest absolute Gasteiger partial charge is 0.340 e. The quantitative estimate of drug-likeness (QED) is 0.813. The summed E-state index contributed by atoms with van der Waals surface area (Å²) in [5.41, 5.74) is -0.514. The number of rotatable bonds is 2. The van der Waals surface area contributed by atoms with Gasteiger partial charge in [-0.05, 0) is 30.3 Å². The van der Waals surface area contributed by atoms with Crippen LogP contribution in [0, 0.1) is 11.8 Å². The standard InChI is InChI=1S/C15H9ClF3NOS/c16-13-7-6-12(22-13)14(21)20-8-2-4-10-3-1-5-11(9-10)15(17,18)19/h1,3,5-7,9H,8H2,(H,20,21). The summed E-state index contributed by atoms with van der Waals surface area (Å²) in [5.74, 6) is 4.87. The highest BCUT2D eigenvalue weighted by Crippen LogP contribution is 2.29. The van der Waals surface area contributed by atoms with Crippen molar-refractivity contribution in [1.29, 1.82) is 0 Å². The van der Waals surface area contributed by atoms with Gasteiger partial charge in [0, 0.05) is 5.56 Å². The van der Waals surface area contributed by atoms with Crippen molar-refractivity contribution in [1.82, 2.24) is 5.32 Å². The Labute approximate surface area is 133 Å². The Hall–Kier alpha value is -1.97. The van der Waals surface area contributed by atoms with Crippen LogP contribution in [0.5, 0.6) is 0 Å². The fourth-order valence-corrected chi connectivity index (χ4v) is 2.53. The summed E-state index contributed by atoms with van der Waals surface area (Å²) in [6.45, 7) is 0.0323. The van der Waals surface area contributed by atoms with Crippen LogP contribution >= 0.6 is 22.9 Å². The number of hydrogen-bond acceptors (Lipinski definition) is 2. The molecule has 2 aromatic rings. The molecule has 0 aliphatic carbocycles. The third kappa shape index (κ3) is 4.52. The van der Waals surface area contributed by atoms with Crippen LogP contribution in [0.2, 0.25) is 4.34 Å². The lowest BCUT2D eigenvalue weighted by atomic mass is 10.1. The van der Waals surface area contributed by atoms with Gasteiger partial charge in [0.2, 0.25) is 0 Å². The van der Waals surface area contributed by atoms with Gasteiger partial charge in [-0.15, -0.1) is 11.3 Å². The van der Waals surface area contributed by atoms with Gasteiger partial charge in [0.1, 0.15) is 0 Å². The maximum atomic E-state index is 12.5.